The average molecular weight is 389 g/mol. The maximum Gasteiger partial charge on any atom is 0.151 e. The summed E-state index contributed by atoms with van der Waals surface area (Å²) in [5.41, 5.74) is 0.864. The summed E-state index contributed by atoms with van der Waals surface area (Å²) in [6.07, 6.45) is 4.67. The van der Waals surface area contributed by atoms with E-state index in [0.29, 0.717) is 25.4 Å². The number of benzene rings is 1. The van der Waals surface area contributed by atoms with Gasteiger partial charge in [-0.1, -0.05) is 18.2 Å². The molecule has 2 unspecified atom stereocenters. The van der Waals surface area contributed by atoms with E-state index in [0.717, 1.165) is 24.1 Å². The fraction of sp³-hybridized carbons (Fsp3) is 0.455. The molecule has 2 heterocycles. The van der Waals surface area contributed by atoms with E-state index in [4.69, 9.17) is 18.6 Å². The summed E-state index contributed by atoms with van der Waals surface area (Å²) in [4.78, 5) is 2.12. The molecule has 0 N–H and O–H groups in total. The lowest BCUT2D eigenvalue weighted by atomic mass is 9.83. The smallest absolute Gasteiger partial charge is 0.151 e. The predicted octanol–water partition coefficient (Wildman–Crippen LogP) is 4.25. The fourth-order valence-corrected chi connectivity index (χ4v) is 3.59. The van der Waals surface area contributed by atoms with Crippen LogP contribution in [0.1, 0.15) is 35.8 Å². The summed E-state index contributed by atoms with van der Waals surface area (Å²) < 4.78 is 37.1. The third-order valence-electron chi connectivity index (χ3n) is 4.92. The van der Waals surface area contributed by atoms with Crippen LogP contribution < -0.4 is 0 Å². The van der Waals surface area contributed by atoms with Crippen molar-refractivity contribution >= 4 is 0 Å². The number of hydrogen-bond donors (Lipinski definition) is 0. The summed E-state index contributed by atoms with van der Waals surface area (Å²) in [6, 6.07) is 8.31. The van der Waals surface area contributed by atoms with Gasteiger partial charge in [-0.05, 0) is 57.2 Å². The van der Waals surface area contributed by atoms with E-state index < -0.39 is 5.60 Å². The normalized spacial score (nSPS) is 19.1. The van der Waals surface area contributed by atoms with Gasteiger partial charge in [0.1, 0.15) is 24.5 Å². The lowest BCUT2D eigenvalue weighted by Crippen LogP contribution is -2.34. The van der Waals surface area contributed by atoms with Crippen molar-refractivity contribution in [2.45, 2.75) is 24.5 Å². The van der Waals surface area contributed by atoms with Crippen LogP contribution in [0.25, 0.3) is 0 Å². The highest BCUT2D eigenvalue weighted by Gasteiger charge is 2.42. The highest BCUT2D eigenvalue weighted by molar-refractivity contribution is 5.37. The molecule has 152 valence electrons. The van der Waals surface area contributed by atoms with Crippen molar-refractivity contribution in [1.29, 1.82) is 0 Å². The molecule has 3 rings (SSSR count). The number of furan rings is 1. The molecule has 0 radical (unpaired) electrons. The Balaban J connectivity index is 2.06. The van der Waals surface area contributed by atoms with Crippen LogP contribution in [0, 0.1) is 5.82 Å². The van der Waals surface area contributed by atoms with Gasteiger partial charge in [0.2, 0.25) is 0 Å². The second-order valence-corrected chi connectivity index (χ2v) is 7.19. The molecule has 6 heteroatoms. The molecule has 0 saturated carbocycles. The molecule has 2 atom stereocenters. The summed E-state index contributed by atoms with van der Waals surface area (Å²) >= 11 is 0. The van der Waals surface area contributed by atoms with Crippen molar-refractivity contribution in [1.82, 2.24) is 4.90 Å². The molecule has 0 bridgehead atoms. The minimum absolute atomic E-state index is 0.213. The molecule has 2 aromatic rings. The maximum atomic E-state index is 13.6. The number of hydrogen-bond acceptors (Lipinski definition) is 5. The third-order valence-corrected chi connectivity index (χ3v) is 4.92. The van der Waals surface area contributed by atoms with E-state index in [9.17, 15) is 4.39 Å². The minimum atomic E-state index is -0.872. The van der Waals surface area contributed by atoms with Crippen molar-refractivity contribution in [2.75, 3.05) is 40.6 Å². The summed E-state index contributed by atoms with van der Waals surface area (Å²) in [6.45, 7) is 5.74. The topological polar surface area (TPSA) is 44.1 Å². The van der Waals surface area contributed by atoms with E-state index in [2.05, 4.69) is 11.5 Å². The van der Waals surface area contributed by atoms with Gasteiger partial charge in [-0.15, -0.1) is 6.58 Å². The van der Waals surface area contributed by atoms with E-state index in [1.54, 1.807) is 24.5 Å². The van der Waals surface area contributed by atoms with Gasteiger partial charge in [0, 0.05) is 5.56 Å². The van der Waals surface area contributed by atoms with Crippen molar-refractivity contribution in [3.63, 3.8) is 0 Å². The number of halogens is 1. The largest absolute Gasteiger partial charge is 0.465 e. The van der Waals surface area contributed by atoms with Gasteiger partial charge in [-0.25, -0.2) is 4.39 Å². The zero-order valence-corrected chi connectivity index (χ0v) is 16.5. The number of nitrogens with zero attached hydrogens (tertiary/aromatic N) is 1. The van der Waals surface area contributed by atoms with Crippen LogP contribution in [0.15, 0.2) is 53.7 Å². The molecule has 5 nitrogen and oxygen atoms in total. The Bertz CT molecular complexity index is 752. The minimum Gasteiger partial charge on any atom is -0.465 e. The molecule has 1 saturated heterocycles. The zero-order valence-electron chi connectivity index (χ0n) is 16.5. The van der Waals surface area contributed by atoms with Gasteiger partial charge in [0.15, 0.2) is 5.60 Å². The van der Waals surface area contributed by atoms with Crippen LogP contribution in [0.4, 0.5) is 4.39 Å². The van der Waals surface area contributed by atoms with Crippen LogP contribution in [0.2, 0.25) is 0 Å². The van der Waals surface area contributed by atoms with E-state index in [-0.39, 0.29) is 18.7 Å². The summed E-state index contributed by atoms with van der Waals surface area (Å²) in [5, 5.41) is 0. The standard InChI is InChI=1S/C22H28FNO4/c1-4-13-28-22(11-5-12-24(2)3,17-6-8-18(23)9-7-17)21-19(10-14-26-21)20-15-25-16-27-20/h4,6-10,14,20H,1,5,11-13,15-16H2,2-3H3. The van der Waals surface area contributed by atoms with Gasteiger partial charge >= 0.3 is 0 Å². The van der Waals surface area contributed by atoms with Gasteiger partial charge in [-0.3, -0.25) is 0 Å². The average Bonchev–Trinajstić information content (AvgIpc) is 3.36. The molecule has 1 aromatic carbocycles. The van der Waals surface area contributed by atoms with Crippen LogP contribution in [0.5, 0.6) is 0 Å². The highest BCUT2D eigenvalue weighted by atomic mass is 19.1. The van der Waals surface area contributed by atoms with Crippen molar-refractivity contribution in [3.8, 4) is 0 Å². The first-order valence-corrected chi connectivity index (χ1v) is 9.49. The molecular weight excluding hydrogens is 361 g/mol. The molecule has 0 spiro atoms. The first kappa shape index (κ1) is 20.7. The lowest BCUT2D eigenvalue weighted by Gasteiger charge is -2.34. The molecule has 0 aliphatic carbocycles. The monoisotopic (exact) mass is 389 g/mol. The first-order valence-electron chi connectivity index (χ1n) is 9.49. The second kappa shape index (κ2) is 9.47. The van der Waals surface area contributed by atoms with E-state index >= 15 is 0 Å². The van der Waals surface area contributed by atoms with Crippen molar-refractivity contribution < 1.29 is 23.0 Å². The Morgan fingerprint density at radius 1 is 1.29 bits per heavy atom. The second-order valence-electron chi connectivity index (χ2n) is 7.19. The Kier molecular flexibility index (Phi) is 7.02. The molecule has 28 heavy (non-hydrogen) atoms. The zero-order chi connectivity index (χ0) is 20.0. The Hall–Kier alpha value is -1.99. The molecule has 1 aliphatic heterocycles. The van der Waals surface area contributed by atoms with Gasteiger partial charge in [0.25, 0.3) is 0 Å². The van der Waals surface area contributed by atoms with Crippen LogP contribution in [-0.2, 0) is 19.8 Å². The predicted molar refractivity (Wildman–Crippen MR) is 104 cm³/mol. The summed E-state index contributed by atoms with van der Waals surface area (Å²) in [7, 11) is 4.07. The molecule has 1 fully saturated rings. The highest BCUT2D eigenvalue weighted by Crippen LogP contribution is 2.43. The van der Waals surface area contributed by atoms with Crippen LogP contribution in [-0.4, -0.2) is 45.5 Å². The molecule has 1 aliphatic rings. The lowest BCUT2D eigenvalue weighted by molar-refractivity contribution is -0.0300. The van der Waals surface area contributed by atoms with E-state index in [1.165, 1.54) is 12.1 Å². The summed E-state index contributed by atoms with van der Waals surface area (Å²) in [5.74, 6) is 0.386. The fourth-order valence-electron chi connectivity index (χ4n) is 3.59. The maximum absolute atomic E-state index is 13.6. The van der Waals surface area contributed by atoms with Gasteiger partial charge in [-0.2, -0.15) is 0 Å². The SMILES string of the molecule is C=CCOC(CCCN(C)C)(c1ccc(F)cc1)c1occc1C1COCO1. The van der Waals surface area contributed by atoms with Crippen molar-refractivity contribution in [3.05, 3.63) is 72.0 Å². The Labute approximate surface area is 165 Å². The molecule has 0 amide bonds. The molecule has 1 aromatic heterocycles. The van der Waals surface area contributed by atoms with Gasteiger partial charge < -0.3 is 23.5 Å². The van der Waals surface area contributed by atoms with Crippen LogP contribution in [0.3, 0.4) is 0 Å². The first-order chi connectivity index (χ1) is 13.6. The van der Waals surface area contributed by atoms with Gasteiger partial charge in [0.05, 0.1) is 19.5 Å². The van der Waals surface area contributed by atoms with Crippen LogP contribution >= 0.6 is 0 Å². The Morgan fingerprint density at radius 2 is 2.07 bits per heavy atom. The Morgan fingerprint density at radius 3 is 2.71 bits per heavy atom. The quantitative estimate of drug-likeness (QED) is 0.569. The van der Waals surface area contributed by atoms with E-state index in [1.807, 2.05) is 20.2 Å². The number of ether oxygens (including phenoxy) is 3. The third kappa shape index (κ3) is 4.52. The van der Waals surface area contributed by atoms with Crippen molar-refractivity contribution in [2.24, 2.45) is 0 Å². The number of rotatable bonds is 10. The molecular formula is C22H28FNO4.